The fourth-order valence-corrected chi connectivity index (χ4v) is 2.01. The third kappa shape index (κ3) is 2.32. The molecule has 3 nitrogen and oxygen atoms in total. The van der Waals surface area contributed by atoms with Crippen LogP contribution in [0.5, 0.6) is 0 Å². The highest BCUT2D eigenvalue weighted by molar-refractivity contribution is 9.10. The van der Waals surface area contributed by atoms with E-state index in [0.717, 1.165) is 24.2 Å². The van der Waals surface area contributed by atoms with Gasteiger partial charge in [0.2, 0.25) is 0 Å². The maximum atomic E-state index is 5.21. The summed E-state index contributed by atoms with van der Waals surface area (Å²) < 4.78 is 6.12. The van der Waals surface area contributed by atoms with Crippen molar-refractivity contribution in [1.82, 2.24) is 9.88 Å². The molecular weight excluding hydrogens is 244 g/mol. The molecule has 1 aromatic heterocycles. The molecule has 4 heteroatoms. The summed E-state index contributed by atoms with van der Waals surface area (Å²) in [6.07, 6.45) is 2.26. The minimum Gasteiger partial charge on any atom is -0.379 e. The Kier molecular flexibility index (Phi) is 3.15. The Labute approximate surface area is 92.2 Å². The highest BCUT2D eigenvalue weighted by Crippen LogP contribution is 2.16. The molecule has 0 saturated carbocycles. The number of aromatic nitrogens is 1. The van der Waals surface area contributed by atoms with Gasteiger partial charge in [-0.15, -0.1) is 0 Å². The van der Waals surface area contributed by atoms with Crippen molar-refractivity contribution in [3.05, 3.63) is 28.5 Å². The minimum atomic E-state index is 0.431. The first kappa shape index (κ1) is 10.1. The first-order chi connectivity index (χ1) is 6.78. The SMILES string of the molecule is COC1CN(Cc2ccnc(Br)c2)C1. The van der Waals surface area contributed by atoms with Gasteiger partial charge in [-0.05, 0) is 33.6 Å². The van der Waals surface area contributed by atoms with Gasteiger partial charge in [0.1, 0.15) is 4.60 Å². The van der Waals surface area contributed by atoms with Gasteiger partial charge in [0.05, 0.1) is 6.10 Å². The number of rotatable bonds is 3. The van der Waals surface area contributed by atoms with Gasteiger partial charge < -0.3 is 4.74 Å². The number of likely N-dealkylation sites (tertiary alicyclic amines) is 1. The second-order valence-electron chi connectivity index (χ2n) is 3.54. The van der Waals surface area contributed by atoms with E-state index in [9.17, 15) is 0 Å². The Morgan fingerprint density at radius 2 is 2.43 bits per heavy atom. The van der Waals surface area contributed by atoms with Crippen LogP contribution in [0.1, 0.15) is 5.56 Å². The van der Waals surface area contributed by atoms with Crippen molar-refractivity contribution in [2.75, 3.05) is 20.2 Å². The van der Waals surface area contributed by atoms with Crippen molar-refractivity contribution in [1.29, 1.82) is 0 Å². The summed E-state index contributed by atoms with van der Waals surface area (Å²) in [5.41, 5.74) is 1.29. The van der Waals surface area contributed by atoms with Crippen LogP contribution in [0.25, 0.3) is 0 Å². The lowest BCUT2D eigenvalue weighted by molar-refractivity contribution is -0.0334. The molecule has 0 N–H and O–H groups in total. The number of ether oxygens (including phenoxy) is 1. The molecule has 76 valence electrons. The Hall–Kier alpha value is -0.450. The molecule has 1 fully saturated rings. The Bertz CT molecular complexity index is 313. The van der Waals surface area contributed by atoms with Gasteiger partial charge in [-0.1, -0.05) is 0 Å². The van der Waals surface area contributed by atoms with Crippen LogP contribution < -0.4 is 0 Å². The molecule has 2 heterocycles. The van der Waals surface area contributed by atoms with E-state index in [4.69, 9.17) is 4.74 Å². The predicted octanol–water partition coefficient (Wildman–Crippen LogP) is 1.67. The predicted molar refractivity (Wildman–Crippen MR) is 58.0 cm³/mol. The number of pyridine rings is 1. The molecule has 2 rings (SSSR count). The van der Waals surface area contributed by atoms with E-state index >= 15 is 0 Å². The fourth-order valence-electron chi connectivity index (χ4n) is 1.60. The minimum absolute atomic E-state index is 0.431. The largest absolute Gasteiger partial charge is 0.379 e. The van der Waals surface area contributed by atoms with E-state index in [1.165, 1.54) is 5.56 Å². The molecule has 0 aromatic carbocycles. The van der Waals surface area contributed by atoms with Crippen molar-refractivity contribution in [2.45, 2.75) is 12.6 Å². The van der Waals surface area contributed by atoms with Crippen LogP contribution in [-0.2, 0) is 11.3 Å². The normalized spacial score (nSPS) is 18.1. The highest BCUT2D eigenvalue weighted by atomic mass is 79.9. The van der Waals surface area contributed by atoms with Gasteiger partial charge >= 0.3 is 0 Å². The second kappa shape index (κ2) is 4.38. The summed E-state index contributed by atoms with van der Waals surface area (Å²) in [4.78, 5) is 6.45. The monoisotopic (exact) mass is 256 g/mol. The number of methoxy groups -OCH3 is 1. The molecule has 0 radical (unpaired) electrons. The first-order valence-electron chi connectivity index (χ1n) is 4.63. The average molecular weight is 257 g/mol. The summed E-state index contributed by atoms with van der Waals surface area (Å²) >= 11 is 3.36. The molecule has 0 amide bonds. The summed E-state index contributed by atoms with van der Waals surface area (Å²) in [7, 11) is 1.77. The fraction of sp³-hybridized carbons (Fsp3) is 0.500. The van der Waals surface area contributed by atoms with Crippen molar-refractivity contribution in [3.8, 4) is 0 Å². The lowest BCUT2D eigenvalue weighted by atomic mass is 10.1. The van der Waals surface area contributed by atoms with Crippen LogP contribution in [-0.4, -0.2) is 36.2 Å². The van der Waals surface area contributed by atoms with Gasteiger partial charge in [-0.2, -0.15) is 0 Å². The molecule has 1 aromatic rings. The van der Waals surface area contributed by atoms with Gasteiger partial charge in [-0.25, -0.2) is 4.98 Å². The van der Waals surface area contributed by atoms with E-state index in [2.05, 4.69) is 31.9 Å². The van der Waals surface area contributed by atoms with Crippen LogP contribution in [0.4, 0.5) is 0 Å². The van der Waals surface area contributed by atoms with Crippen LogP contribution in [0.15, 0.2) is 22.9 Å². The van der Waals surface area contributed by atoms with Crippen LogP contribution in [0.3, 0.4) is 0 Å². The number of halogens is 1. The third-order valence-corrected chi connectivity index (χ3v) is 2.89. The van der Waals surface area contributed by atoms with Crippen LogP contribution in [0, 0.1) is 0 Å². The second-order valence-corrected chi connectivity index (χ2v) is 4.35. The lowest BCUT2D eigenvalue weighted by Crippen LogP contribution is -2.50. The van der Waals surface area contributed by atoms with E-state index in [1.54, 1.807) is 7.11 Å². The van der Waals surface area contributed by atoms with Crippen molar-refractivity contribution in [3.63, 3.8) is 0 Å². The molecule has 0 aliphatic carbocycles. The van der Waals surface area contributed by atoms with Gasteiger partial charge in [0.25, 0.3) is 0 Å². The zero-order valence-electron chi connectivity index (χ0n) is 8.11. The summed E-state index contributed by atoms with van der Waals surface area (Å²) in [5.74, 6) is 0. The van der Waals surface area contributed by atoms with Gasteiger partial charge in [0, 0.05) is 32.9 Å². The third-order valence-electron chi connectivity index (χ3n) is 2.45. The topological polar surface area (TPSA) is 25.4 Å². The smallest absolute Gasteiger partial charge is 0.106 e. The van der Waals surface area contributed by atoms with Gasteiger partial charge in [0.15, 0.2) is 0 Å². The Morgan fingerprint density at radius 3 is 3.07 bits per heavy atom. The molecule has 1 aliphatic rings. The lowest BCUT2D eigenvalue weighted by Gasteiger charge is -2.38. The maximum absolute atomic E-state index is 5.21. The van der Waals surface area contributed by atoms with Crippen LogP contribution in [0.2, 0.25) is 0 Å². The number of hydrogen-bond acceptors (Lipinski definition) is 3. The zero-order chi connectivity index (χ0) is 9.97. The number of nitrogens with zero attached hydrogens (tertiary/aromatic N) is 2. The van der Waals surface area contributed by atoms with E-state index < -0.39 is 0 Å². The summed E-state index contributed by atoms with van der Waals surface area (Å²) in [5, 5.41) is 0. The molecule has 14 heavy (non-hydrogen) atoms. The van der Waals surface area contributed by atoms with Gasteiger partial charge in [-0.3, -0.25) is 4.90 Å². The number of hydrogen-bond donors (Lipinski definition) is 0. The summed E-state index contributed by atoms with van der Waals surface area (Å²) in [6, 6.07) is 4.10. The standard InChI is InChI=1S/C10H13BrN2O/c1-14-9-6-13(7-9)5-8-2-3-12-10(11)4-8/h2-4,9H,5-7H2,1H3. The molecular formula is C10H13BrN2O. The zero-order valence-corrected chi connectivity index (χ0v) is 9.70. The average Bonchev–Trinajstić information content (AvgIpc) is 2.10. The Balaban J connectivity index is 1.87. The summed E-state index contributed by atoms with van der Waals surface area (Å²) in [6.45, 7) is 3.06. The van der Waals surface area contributed by atoms with E-state index in [-0.39, 0.29) is 0 Å². The molecule has 1 saturated heterocycles. The molecule has 0 bridgehead atoms. The molecule has 0 unspecified atom stereocenters. The maximum Gasteiger partial charge on any atom is 0.106 e. The quantitative estimate of drug-likeness (QED) is 0.770. The molecule has 0 atom stereocenters. The molecule has 1 aliphatic heterocycles. The van der Waals surface area contributed by atoms with E-state index in [1.807, 2.05) is 12.3 Å². The highest BCUT2D eigenvalue weighted by Gasteiger charge is 2.25. The van der Waals surface area contributed by atoms with Crippen LogP contribution >= 0.6 is 15.9 Å². The van der Waals surface area contributed by atoms with Crippen molar-refractivity contribution in [2.24, 2.45) is 0 Å². The van der Waals surface area contributed by atoms with Crippen molar-refractivity contribution >= 4 is 15.9 Å². The Morgan fingerprint density at radius 1 is 1.64 bits per heavy atom. The first-order valence-corrected chi connectivity index (χ1v) is 5.43. The molecule has 0 spiro atoms. The van der Waals surface area contributed by atoms with E-state index in [0.29, 0.717) is 6.10 Å². The van der Waals surface area contributed by atoms with Crippen molar-refractivity contribution < 1.29 is 4.74 Å².